The second kappa shape index (κ2) is 7.99. The lowest BCUT2D eigenvalue weighted by molar-refractivity contribution is 1.36. The second-order valence-electron chi connectivity index (χ2n) is 9.73. The van der Waals surface area contributed by atoms with Gasteiger partial charge in [-0.1, -0.05) is 79.4 Å². The van der Waals surface area contributed by atoms with Gasteiger partial charge in [0.2, 0.25) is 0 Å². The molecule has 1 heterocycles. The van der Waals surface area contributed by atoms with E-state index >= 15 is 0 Å². The molecule has 33 heavy (non-hydrogen) atoms. The number of aryl methyl sites for hydroxylation is 1. The average Bonchev–Trinajstić information content (AvgIpc) is 2.82. The van der Waals surface area contributed by atoms with Gasteiger partial charge in [-0.05, 0) is 64.0 Å². The topological polar surface area (TPSA) is 36.7 Å². The van der Waals surface area contributed by atoms with E-state index in [0.717, 1.165) is 32.8 Å². The normalized spacial score (nSPS) is 11.6. The smallest absolute Gasteiger partial charge is 0.0998 e. The number of nitrogens with zero attached hydrogens (tertiary/aromatic N) is 2. The van der Waals surface area contributed by atoms with Crippen LogP contribution in [0.2, 0.25) is 19.6 Å². The highest BCUT2D eigenvalue weighted by atomic mass is 28.3. The van der Waals surface area contributed by atoms with Crippen molar-refractivity contribution in [2.75, 3.05) is 0 Å². The number of nitriles is 1. The fourth-order valence-corrected chi connectivity index (χ4v) is 5.80. The summed E-state index contributed by atoms with van der Waals surface area (Å²) in [4.78, 5) is 4.71. The van der Waals surface area contributed by atoms with Crippen molar-refractivity contribution in [1.29, 1.82) is 5.26 Å². The Kier molecular flexibility index (Phi) is 5.11. The van der Waals surface area contributed by atoms with Crippen LogP contribution in [0.4, 0.5) is 0 Å². The second-order valence-corrected chi connectivity index (χ2v) is 14.8. The summed E-state index contributed by atoms with van der Waals surface area (Å²) in [6.45, 7) is 9.36. The lowest BCUT2D eigenvalue weighted by Gasteiger charge is -2.19. The molecule has 0 radical (unpaired) electrons. The van der Waals surface area contributed by atoms with Gasteiger partial charge in [0.15, 0.2) is 0 Å². The minimum absolute atomic E-state index is 0.677. The van der Waals surface area contributed by atoms with Gasteiger partial charge in [0.1, 0.15) is 0 Å². The fraction of sp³-hybridized carbons (Fsp3) is 0.133. The van der Waals surface area contributed by atoms with Crippen molar-refractivity contribution < 1.29 is 0 Å². The van der Waals surface area contributed by atoms with E-state index in [4.69, 9.17) is 4.98 Å². The molecular weight excluding hydrogens is 416 g/mol. The van der Waals surface area contributed by atoms with Crippen LogP contribution in [-0.4, -0.2) is 13.1 Å². The molecule has 0 bridgehead atoms. The van der Waals surface area contributed by atoms with E-state index in [0.29, 0.717) is 5.56 Å². The van der Waals surface area contributed by atoms with Gasteiger partial charge in [-0.3, -0.25) is 4.98 Å². The van der Waals surface area contributed by atoms with Gasteiger partial charge in [0.25, 0.3) is 0 Å². The number of fused-ring (bicyclic) bond motifs is 2. The Morgan fingerprint density at radius 3 is 2.27 bits per heavy atom. The molecule has 0 amide bonds. The Morgan fingerprint density at radius 2 is 1.52 bits per heavy atom. The van der Waals surface area contributed by atoms with Crippen LogP contribution in [-0.2, 0) is 0 Å². The predicted octanol–water partition coefficient (Wildman–Crippen LogP) is 7.45. The molecule has 5 aromatic rings. The molecular formula is C30H26N2Si. The third-order valence-corrected chi connectivity index (χ3v) is 8.47. The lowest BCUT2D eigenvalue weighted by Crippen LogP contribution is -2.37. The number of pyridine rings is 1. The van der Waals surface area contributed by atoms with Gasteiger partial charge in [0, 0.05) is 17.1 Å². The summed E-state index contributed by atoms with van der Waals surface area (Å²) in [6, 6.07) is 30.1. The SMILES string of the molecule is Cc1cc([Si](C)(C)C)ccc1-c1ccc2c(-c3cc(C#N)c4ccccc4c3)nccc2c1. The van der Waals surface area contributed by atoms with Crippen LogP contribution in [0.3, 0.4) is 0 Å². The third kappa shape index (κ3) is 3.84. The first-order valence-corrected chi connectivity index (χ1v) is 14.8. The molecule has 0 unspecified atom stereocenters. The monoisotopic (exact) mass is 442 g/mol. The van der Waals surface area contributed by atoms with E-state index in [1.165, 1.54) is 21.9 Å². The van der Waals surface area contributed by atoms with Gasteiger partial charge in [0.05, 0.1) is 25.4 Å². The van der Waals surface area contributed by atoms with Crippen LogP contribution in [0.5, 0.6) is 0 Å². The van der Waals surface area contributed by atoms with Gasteiger partial charge in [-0.2, -0.15) is 5.26 Å². The van der Waals surface area contributed by atoms with Crippen LogP contribution in [0.15, 0.2) is 85.1 Å². The van der Waals surface area contributed by atoms with Gasteiger partial charge in [-0.15, -0.1) is 0 Å². The van der Waals surface area contributed by atoms with Gasteiger partial charge < -0.3 is 0 Å². The molecule has 160 valence electrons. The summed E-state index contributed by atoms with van der Waals surface area (Å²) in [5, 5.41) is 15.5. The van der Waals surface area contributed by atoms with Crippen LogP contribution in [0.1, 0.15) is 11.1 Å². The molecule has 3 heteroatoms. The number of aromatic nitrogens is 1. The molecule has 0 fully saturated rings. The minimum atomic E-state index is -1.34. The van der Waals surface area contributed by atoms with Crippen molar-refractivity contribution in [3.63, 3.8) is 0 Å². The standard InChI is InChI=1S/C30H26N2Si/c1-20-15-26(33(2,3)4)10-12-27(20)22-9-11-29-23(16-22)13-14-32-30(29)24-17-21-7-5-6-8-28(21)25(18-24)19-31/h5-18H,1-4H3. The molecule has 1 aromatic heterocycles. The summed E-state index contributed by atoms with van der Waals surface area (Å²) >= 11 is 0. The summed E-state index contributed by atoms with van der Waals surface area (Å²) in [6.07, 6.45) is 1.86. The molecule has 0 saturated heterocycles. The number of benzene rings is 4. The Morgan fingerprint density at radius 1 is 0.758 bits per heavy atom. The summed E-state index contributed by atoms with van der Waals surface area (Å²) < 4.78 is 0. The van der Waals surface area contributed by atoms with E-state index < -0.39 is 8.07 Å². The fourth-order valence-electron chi connectivity index (χ4n) is 4.57. The molecule has 0 saturated carbocycles. The Balaban J connectivity index is 1.64. The van der Waals surface area contributed by atoms with E-state index in [1.54, 1.807) is 0 Å². The highest BCUT2D eigenvalue weighted by Crippen LogP contribution is 2.33. The van der Waals surface area contributed by atoms with Crippen LogP contribution >= 0.6 is 0 Å². The first-order valence-electron chi connectivity index (χ1n) is 11.3. The highest BCUT2D eigenvalue weighted by molar-refractivity contribution is 6.88. The molecule has 5 rings (SSSR count). The maximum absolute atomic E-state index is 9.71. The maximum atomic E-state index is 9.71. The lowest BCUT2D eigenvalue weighted by atomic mass is 9.95. The Hall–Kier alpha value is -3.74. The zero-order valence-electron chi connectivity index (χ0n) is 19.5. The largest absolute Gasteiger partial charge is 0.256 e. The van der Waals surface area contributed by atoms with Crippen LogP contribution in [0, 0.1) is 18.3 Å². The predicted molar refractivity (Wildman–Crippen MR) is 143 cm³/mol. The van der Waals surface area contributed by atoms with E-state index in [2.05, 4.69) is 87.2 Å². The first kappa shape index (κ1) is 21.1. The number of rotatable bonds is 3. The van der Waals surface area contributed by atoms with Crippen molar-refractivity contribution in [3.8, 4) is 28.5 Å². The molecule has 4 aromatic carbocycles. The molecule has 0 spiro atoms. The van der Waals surface area contributed by atoms with Gasteiger partial charge >= 0.3 is 0 Å². The van der Waals surface area contributed by atoms with E-state index in [1.807, 2.05) is 30.5 Å². The molecule has 0 N–H and O–H groups in total. The van der Waals surface area contributed by atoms with Crippen molar-refractivity contribution >= 4 is 34.8 Å². The molecule has 0 aliphatic rings. The molecule has 0 aliphatic heterocycles. The van der Waals surface area contributed by atoms with Crippen LogP contribution < -0.4 is 5.19 Å². The van der Waals surface area contributed by atoms with Crippen molar-refractivity contribution in [2.45, 2.75) is 26.6 Å². The molecule has 2 nitrogen and oxygen atoms in total. The summed E-state index contributed by atoms with van der Waals surface area (Å²) in [7, 11) is -1.34. The summed E-state index contributed by atoms with van der Waals surface area (Å²) in [5.41, 5.74) is 6.37. The zero-order valence-corrected chi connectivity index (χ0v) is 20.5. The Bertz CT molecular complexity index is 1570. The maximum Gasteiger partial charge on any atom is 0.0998 e. The van der Waals surface area contributed by atoms with E-state index in [-0.39, 0.29) is 0 Å². The van der Waals surface area contributed by atoms with Crippen LogP contribution in [0.25, 0.3) is 43.9 Å². The number of hydrogen-bond acceptors (Lipinski definition) is 2. The first-order chi connectivity index (χ1) is 15.8. The van der Waals surface area contributed by atoms with Crippen molar-refractivity contribution in [1.82, 2.24) is 4.98 Å². The van der Waals surface area contributed by atoms with Crippen molar-refractivity contribution in [3.05, 3.63) is 96.2 Å². The zero-order chi connectivity index (χ0) is 23.2. The average molecular weight is 443 g/mol. The Labute approximate surface area is 196 Å². The molecule has 0 aliphatic carbocycles. The molecule has 0 atom stereocenters. The quantitative estimate of drug-likeness (QED) is 0.272. The van der Waals surface area contributed by atoms with Gasteiger partial charge in [-0.25, -0.2) is 0 Å². The minimum Gasteiger partial charge on any atom is -0.256 e. The van der Waals surface area contributed by atoms with Crippen molar-refractivity contribution in [2.24, 2.45) is 0 Å². The third-order valence-electron chi connectivity index (χ3n) is 6.42. The summed E-state index contributed by atoms with van der Waals surface area (Å²) in [5.74, 6) is 0. The highest BCUT2D eigenvalue weighted by Gasteiger charge is 2.17. The van der Waals surface area contributed by atoms with E-state index in [9.17, 15) is 5.26 Å². The number of hydrogen-bond donors (Lipinski definition) is 0.